The zero-order valence-corrected chi connectivity index (χ0v) is 15.1. The molecule has 0 saturated carbocycles. The number of carbonyl (C=O) groups excluding carboxylic acids is 1. The van der Waals surface area contributed by atoms with Gasteiger partial charge >= 0.3 is 0 Å². The molecule has 1 aliphatic rings. The zero-order chi connectivity index (χ0) is 17.6. The highest BCUT2D eigenvalue weighted by Crippen LogP contribution is 2.31. The molecule has 2 heterocycles. The normalized spacial score (nSPS) is 13.8. The number of carbonyl (C=O) groups is 1. The van der Waals surface area contributed by atoms with Gasteiger partial charge in [-0.15, -0.1) is 0 Å². The summed E-state index contributed by atoms with van der Waals surface area (Å²) >= 11 is 12.1. The van der Waals surface area contributed by atoms with Crippen molar-refractivity contribution in [2.24, 2.45) is 0 Å². The summed E-state index contributed by atoms with van der Waals surface area (Å²) in [5, 5.41) is 2.31. The predicted molar refractivity (Wildman–Crippen MR) is 99.8 cm³/mol. The second kappa shape index (κ2) is 6.28. The van der Waals surface area contributed by atoms with Gasteiger partial charge in [0.1, 0.15) is 5.75 Å². The number of ether oxygens (including phenoxy) is 1. The quantitative estimate of drug-likeness (QED) is 0.707. The van der Waals surface area contributed by atoms with Crippen LogP contribution in [-0.2, 0) is 13.0 Å². The number of H-pyrrole nitrogens is 1. The Morgan fingerprint density at radius 1 is 1.16 bits per heavy atom. The number of nitrogens with one attached hydrogen (secondary N) is 1. The van der Waals surface area contributed by atoms with Crippen molar-refractivity contribution in [3.63, 3.8) is 0 Å². The highest BCUT2D eigenvalue weighted by Gasteiger charge is 2.26. The van der Waals surface area contributed by atoms with E-state index in [2.05, 4.69) is 4.98 Å². The average Bonchev–Trinajstić information content (AvgIpc) is 2.98. The number of hydrogen-bond acceptors (Lipinski definition) is 2. The van der Waals surface area contributed by atoms with Crippen LogP contribution in [0.25, 0.3) is 10.9 Å². The van der Waals surface area contributed by atoms with Crippen LogP contribution in [-0.4, -0.2) is 29.4 Å². The van der Waals surface area contributed by atoms with Crippen LogP contribution in [0, 0.1) is 0 Å². The highest BCUT2D eigenvalue weighted by molar-refractivity contribution is 6.31. The van der Waals surface area contributed by atoms with Gasteiger partial charge in [-0.2, -0.15) is 0 Å². The number of benzene rings is 2. The van der Waals surface area contributed by atoms with E-state index in [0.717, 1.165) is 22.9 Å². The molecule has 1 aromatic heterocycles. The molecule has 4 rings (SSSR count). The first kappa shape index (κ1) is 16.3. The van der Waals surface area contributed by atoms with Crippen molar-refractivity contribution in [3.8, 4) is 5.75 Å². The van der Waals surface area contributed by atoms with Gasteiger partial charge in [-0.05, 0) is 36.4 Å². The number of methoxy groups -OCH3 is 1. The molecule has 1 amide bonds. The zero-order valence-electron chi connectivity index (χ0n) is 13.6. The van der Waals surface area contributed by atoms with Gasteiger partial charge in [-0.25, -0.2) is 0 Å². The molecular weight excluding hydrogens is 359 g/mol. The van der Waals surface area contributed by atoms with Crippen LogP contribution < -0.4 is 4.74 Å². The number of fused-ring (bicyclic) bond motifs is 3. The third kappa shape index (κ3) is 2.86. The van der Waals surface area contributed by atoms with Crippen molar-refractivity contribution >= 4 is 40.0 Å². The molecule has 25 heavy (non-hydrogen) atoms. The number of nitrogens with zero attached hydrogens (tertiary/aromatic N) is 1. The molecule has 0 spiro atoms. The van der Waals surface area contributed by atoms with Crippen LogP contribution in [0.5, 0.6) is 5.75 Å². The van der Waals surface area contributed by atoms with Gasteiger partial charge in [0.05, 0.1) is 12.7 Å². The largest absolute Gasteiger partial charge is 0.496 e. The van der Waals surface area contributed by atoms with Crippen LogP contribution in [0.15, 0.2) is 36.4 Å². The standard InChI is InChI=1S/C19H16Cl2N2O2/c1-25-18-9-12(21)2-4-13(18)19(24)23-7-6-17-15(10-23)14-8-11(20)3-5-16(14)22-17/h2-5,8-9,22H,6-7,10H2,1H3. The van der Waals surface area contributed by atoms with Crippen molar-refractivity contribution < 1.29 is 9.53 Å². The summed E-state index contributed by atoms with van der Waals surface area (Å²) in [6.07, 6.45) is 0.781. The molecule has 0 fully saturated rings. The van der Waals surface area contributed by atoms with E-state index in [0.29, 0.717) is 34.4 Å². The van der Waals surface area contributed by atoms with Crippen molar-refractivity contribution in [2.45, 2.75) is 13.0 Å². The van der Waals surface area contributed by atoms with E-state index in [9.17, 15) is 4.79 Å². The lowest BCUT2D eigenvalue weighted by Crippen LogP contribution is -2.36. The molecule has 128 valence electrons. The lowest BCUT2D eigenvalue weighted by molar-refractivity contribution is 0.0731. The first-order valence-corrected chi connectivity index (χ1v) is 8.74. The van der Waals surface area contributed by atoms with E-state index < -0.39 is 0 Å². The van der Waals surface area contributed by atoms with E-state index in [-0.39, 0.29) is 5.91 Å². The summed E-state index contributed by atoms with van der Waals surface area (Å²) in [4.78, 5) is 18.3. The fourth-order valence-electron chi connectivity index (χ4n) is 3.37. The monoisotopic (exact) mass is 374 g/mol. The third-order valence-corrected chi connectivity index (χ3v) is 5.09. The average molecular weight is 375 g/mol. The van der Waals surface area contributed by atoms with Gasteiger partial charge in [-0.3, -0.25) is 4.79 Å². The molecule has 0 aliphatic carbocycles. The minimum Gasteiger partial charge on any atom is -0.496 e. The third-order valence-electron chi connectivity index (χ3n) is 4.62. The second-order valence-corrected chi connectivity index (χ2v) is 6.97. The minimum absolute atomic E-state index is 0.0597. The Bertz CT molecular complexity index is 981. The summed E-state index contributed by atoms with van der Waals surface area (Å²) in [6.45, 7) is 1.19. The molecule has 4 nitrogen and oxygen atoms in total. The van der Waals surface area contributed by atoms with Gasteiger partial charge in [-0.1, -0.05) is 23.2 Å². The van der Waals surface area contributed by atoms with Gasteiger partial charge in [0.25, 0.3) is 5.91 Å². The SMILES string of the molecule is COc1cc(Cl)ccc1C(=O)N1CCc2[nH]c3ccc(Cl)cc3c2C1. The summed E-state index contributed by atoms with van der Waals surface area (Å²) in [5.41, 5.74) is 3.87. The number of halogens is 2. The molecule has 0 radical (unpaired) electrons. The maximum Gasteiger partial charge on any atom is 0.257 e. The van der Waals surface area contributed by atoms with E-state index in [1.54, 1.807) is 25.3 Å². The van der Waals surface area contributed by atoms with Crippen molar-refractivity contribution in [3.05, 3.63) is 63.3 Å². The Hall–Kier alpha value is -2.17. The Balaban J connectivity index is 1.69. The Morgan fingerprint density at radius 3 is 2.72 bits per heavy atom. The van der Waals surface area contributed by atoms with Crippen molar-refractivity contribution in [1.82, 2.24) is 9.88 Å². The number of rotatable bonds is 2. The fourth-order valence-corrected chi connectivity index (χ4v) is 3.71. The first-order valence-electron chi connectivity index (χ1n) is 7.98. The van der Waals surface area contributed by atoms with E-state index in [1.165, 1.54) is 5.69 Å². The van der Waals surface area contributed by atoms with E-state index in [1.807, 2.05) is 23.1 Å². The van der Waals surface area contributed by atoms with Gasteiger partial charge in [0.15, 0.2) is 0 Å². The van der Waals surface area contributed by atoms with Crippen LogP contribution in [0.2, 0.25) is 10.0 Å². The lowest BCUT2D eigenvalue weighted by Gasteiger charge is -2.28. The summed E-state index contributed by atoms with van der Waals surface area (Å²) < 4.78 is 5.32. The summed E-state index contributed by atoms with van der Waals surface area (Å²) in [7, 11) is 1.54. The molecule has 0 saturated heterocycles. The summed E-state index contributed by atoms with van der Waals surface area (Å²) in [6, 6.07) is 10.9. The number of hydrogen-bond donors (Lipinski definition) is 1. The Kier molecular flexibility index (Phi) is 4.10. The molecule has 1 aliphatic heterocycles. The highest BCUT2D eigenvalue weighted by atomic mass is 35.5. The molecule has 0 bridgehead atoms. The molecular formula is C19H16Cl2N2O2. The van der Waals surface area contributed by atoms with Crippen LogP contribution in [0.4, 0.5) is 0 Å². The second-order valence-electron chi connectivity index (χ2n) is 6.09. The Morgan fingerprint density at radius 2 is 1.92 bits per heavy atom. The lowest BCUT2D eigenvalue weighted by atomic mass is 10.0. The molecule has 0 unspecified atom stereocenters. The van der Waals surface area contributed by atoms with Crippen molar-refractivity contribution in [1.29, 1.82) is 0 Å². The van der Waals surface area contributed by atoms with Gasteiger partial charge < -0.3 is 14.6 Å². The fraction of sp³-hybridized carbons (Fsp3) is 0.211. The van der Waals surface area contributed by atoms with E-state index in [4.69, 9.17) is 27.9 Å². The van der Waals surface area contributed by atoms with Crippen LogP contribution >= 0.6 is 23.2 Å². The Labute approximate surface area is 155 Å². The molecule has 6 heteroatoms. The smallest absolute Gasteiger partial charge is 0.257 e. The number of aromatic amines is 1. The topological polar surface area (TPSA) is 45.3 Å². The van der Waals surface area contributed by atoms with Crippen molar-refractivity contribution in [2.75, 3.05) is 13.7 Å². The number of amides is 1. The predicted octanol–water partition coefficient (Wildman–Crippen LogP) is 4.68. The molecule has 0 atom stereocenters. The number of aromatic nitrogens is 1. The first-order chi connectivity index (χ1) is 12.1. The van der Waals surface area contributed by atoms with Gasteiger partial charge in [0, 0.05) is 51.7 Å². The minimum atomic E-state index is -0.0597. The van der Waals surface area contributed by atoms with Crippen LogP contribution in [0.1, 0.15) is 21.6 Å². The molecule has 2 aromatic carbocycles. The molecule has 1 N–H and O–H groups in total. The molecule has 3 aromatic rings. The maximum absolute atomic E-state index is 13.0. The van der Waals surface area contributed by atoms with E-state index >= 15 is 0 Å². The summed E-state index contributed by atoms with van der Waals surface area (Å²) in [5.74, 6) is 0.431. The van der Waals surface area contributed by atoms with Gasteiger partial charge in [0.2, 0.25) is 0 Å². The maximum atomic E-state index is 13.0. The van der Waals surface area contributed by atoms with Crippen LogP contribution in [0.3, 0.4) is 0 Å².